The van der Waals surface area contributed by atoms with Gasteiger partial charge in [-0.05, 0) is 36.1 Å². The van der Waals surface area contributed by atoms with Crippen molar-refractivity contribution in [3.8, 4) is 0 Å². The smallest absolute Gasteiger partial charge is 0.109 e. The maximum Gasteiger partial charge on any atom is 0.109 e. The van der Waals surface area contributed by atoms with Crippen LogP contribution < -0.4 is 5.32 Å². The number of imidazole rings is 1. The van der Waals surface area contributed by atoms with Crippen molar-refractivity contribution >= 4 is 38.3 Å². The SMILES string of the molecule is Cn1c(CCCNc2ccnc3ccsc23)nc2ccccc21. The van der Waals surface area contributed by atoms with E-state index in [1.807, 2.05) is 18.3 Å². The highest BCUT2D eigenvalue weighted by Crippen LogP contribution is 2.26. The summed E-state index contributed by atoms with van der Waals surface area (Å²) in [4.78, 5) is 9.10. The largest absolute Gasteiger partial charge is 0.384 e. The highest BCUT2D eigenvalue weighted by molar-refractivity contribution is 7.17. The Kier molecular flexibility index (Phi) is 3.71. The maximum absolute atomic E-state index is 4.73. The topological polar surface area (TPSA) is 42.7 Å². The number of nitrogens with zero attached hydrogens (tertiary/aromatic N) is 3. The van der Waals surface area contributed by atoms with Crippen molar-refractivity contribution < 1.29 is 0 Å². The minimum Gasteiger partial charge on any atom is -0.384 e. The molecule has 0 fully saturated rings. The van der Waals surface area contributed by atoms with E-state index in [4.69, 9.17) is 4.98 Å². The summed E-state index contributed by atoms with van der Waals surface area (Å²) in [6, 6.07) is 12.4. The lowest BCUT2D eigenvalue weighted by Gasteiger charge is -2.07. The number of nitrogens with one attached hydrogen (secondary N) is 1. The van der Waals surface area contributed by atoms with Crippen molar-refractivity contribution in [2.24, 2.45) is 7.05 Å². The van der Waals surface area contributed by atoms with Gasteiger partial charge in [0.05, 0.1) is 26.9 Å². The monoisotopic (exact) mass is 322 g/mol. The lowest BCUT2D eigenvalue weighted by molar-refractivity contribution is 0.754. The molecule has 0 atom stereocenters. The van der Waals surface area contributed by atoms with E-state index in [0.717, 1.165) is 36.2 Å². The molecule has 4 aromatic rings. The van der Waals surface area contributed by atoms with Crippen LogP contribution in [0.25, 0.3) is 21.3 Å². The Bertz CT molecular complexity index is 954. The molecule has 0 aliphatic rings. The van der Waals surface area contributed by atoms with E-state index >= 15 is 0 Å². The summed E-state index contributed by atoms with van der Waals surface area (Å²) in [5.41, 5.74) is 4.52. The Labute approximate surface area is 138 Å². The first kappa shape index (κ1) is 14.2. The lowest BCUT2D eigenvalue weighted by atomic mass is 10.2. The lowest BCUT2D eigenvalue weighted by Crippen LogP contribution is -2.05. The van der Waals surface area contributed by atoms with Crippen LogP contribution in [0.5, 0.6) is 0 Å². The van der Waals surface area contributed by atoms with Gasteiger partial charge in [-0.3, -0.25) is 4.98 Å². The normalized spacial score (nSPS) is 11.3. The molecule has 0 saturated heterocycles. The first-order valence-corrected chi connectivity index (χ1v) is 8.67. The number of fused-ring (bicyclic) bond motifs is 2. The van der Waals surface area contributed by atoms with Gasteiger partial charge in [-0.2, -0.15) is 0 Å². The van der Waals surface area contributed by atoms with Crippen LogP contribution in [0.1, 0.15) is 12.2 Å². The summed E-state index contributed by atoms with van der Waals surface area (Å²) >= 11 is 1.73. The van der Waals surface area contributed by atoms with Gasteiger partial charge in [0.2, 0.25) is 0 Å². The molecular weight excluding hydrogens is 304 g/mol. The van der Waals surface area contributed by atoms with Crippen LogP contribution in [0, 0.1) is 0 Å². The molecule has 23 heavy (non-hydrogen) atoms. The van der Waals surface area contributed by atoms with Crippen LogP contribution in [0.3, 0.4) is 0 Å². The first-order valence-electron chi connectivity index (χ1n) is 7.79. The zero-order chi connectivity index (χ0) is 15.6. The van der Waals surface area contributed by atoms with E-state index in [-0.39, 0.29) is 0 Å². The summed E-state index contributed by atoms with van der Waals surface area (Å²) in [6.07, 6.45) is 3.88. The van der Waals surface area contributed by atoms with Crippen LogP contribution in [0.2, 0.25) is 0 Å². The highest BCUT2D eigenvalue weighted by Gasteiger charge is 2.07. The Morgan fingerprint density at radius 1 is 1.13 bits per heavy atom. The van der Waals surface area contributed by atoms with E-state index in [2.05, 4.69) is 51.6 Å². The molecular formula is C18H18N4S. The zero-order valence-corrected chi connectivity index (χ0v) is 13.8. The Morgan fingerprint density at radius 2 is 2.04 bits per heavy atom. The van der Waals surface area contributed by atoms with E-state index in [0.29, 0.717) is 0 Å². The predicted octanol–water partition coefficient (Wildman–Crippen LogP) is 4.23. The van der Waals surface area contributed by atoms with Gasteiger partial charge in [0.15, 0.2) is 0 Å². The molecule has 4 nitrogen and oxygen atoms in total. The van der Waals surface area contributed by atoms with Gasteiger partial charge in [-0.25, -0.2) is 4.98 Å². The number of anilines is 1. The minimum atomic E-state index is 0.931. The minimum absolute atomic E-state index is 0.931. The van der Waals surface area contributed by atoms with Crippen LogP contribution in [0.15, 0.2) is 48.0 Å². The maximum atomic E-state index is 4.73. The number of rotatable bonds is 5. The van der Waals surface area contributed by atoms with Gasteiger partial charge < -0.3 is 9.88 Å². The molecule has 0 aliphatic carbocycles. The first-order chi connectivity index (χ1) is 11.3. The van der Waals surface area contributed by atoms with Gasteiger partial charge in [0.25, 0.3) is 0 Å². The molecule has 116 valence electrons. The Morgan fingerprint density at radius 3 is 2.96 bits per heavy atom. The zero-order valence-electron chi connectivity index (χ0n) is 13.0. The number of hydrogen-bond acceptors (Lipinski definition) is 4. The fraction of sp³-hybridized carbons (Fsp3) is 0.222. The van der Waals surface area contributed by atoms with Gasteiger partial charge in [0.1, 0.15) is 5.82 Å². The molecule has 1 N–H and O–H groups in total. The van der Waals surface area contributed by atoms with E-state index in [9.17, 15) is 0 Å². The molecule has 0 bridgehead atoms. The second-order valence-corrected chi connectivity index (χ2v) is 6.52. The number of thiophene rings is 1. The number of pyridine rings is 1. The average molecular weight is 322 g/mol. The Hall–Kier alpha value is -2.40. The molecule has 5 heteroatoms. The number of aromatic nitrogens is 3. The molecule has 0 spiro atoms. The standard InChI is InChI=1S/C18H18N4S/c1-22-16-6-3-2-5-13(16)21-17(22)7-4-10-19-14-8-11-20-15-9-12-23-18(14)15/h2-3,5-6,8-9,11-12H,4,7,10H2,1H3,(H,19,20). The fourth-order valence-electron chi connectivity index (χ4n) is 2.90. The third-order valence-corrected chi connectivity index (χ3v) is 5.05. The summed E-state index contributed by atoms with van der Waals surface area (Å²) in [5.74, 6) is 1.14. The van der Waals surface area contributed by atoms with Gasteiger partial charge in [-0.15, -0.1) is 11.3 Å². The number of hydrogen-bond donors (Lipinski definition) is 1. The van der Waals surface area contributed by atoms with Gasteiger partial charge >= 0.3 is 0 Å². The Balaban J connectivity index is 1.42. The van der Waals surface area contributed by atoms with Crippen molar-refractivity contribution in [2.75, 3.05) is 11.9 Å². The van der Waals surface area contributed by atoms with Crippen molar-refractivity contribution in [2.45, 2.75) is 12.8 Å². The molecule has 0 amide bonds. The third-order valence-electron chi connectivity index (χ3n) is 4.12. The molecule has 0 saturated carbocycles. The highest BCUT2D eigenvalue weighted by atomic mass is 32.1. The summed E-state index contributed by atoms with van der Waals surface area (Å²) in [7, 11) is 2.09. The second-order valence-electron chi connectivity index (χ2n) is 5.60. The van der Waals surface area contributed by atoms with E-state index in [1.165, 1.54) is 15.9 Å². The van der Waals surface area contributed by atoms with Gasteiger partial charge in [0, 0.05) is 26.2 Å². The van der Waals surface area contributed by atoms with Crippen molar-refractivity contribution in [1.29, 1.82) is 0 Å². The summed E-state index contributed by atoms with van der Waals surface area (Å²) in [6.45, 7) is 0.931. The van der Waals surface area contributed by atoms with Crippen LogP contribution in [0.4, 0.5) is 5.69 Å². The van der Waals surface area contributed by atoms with E-state index < -0.39 is 0 Å². The quantitative estimate of drug-likeness (QED) is 0.559. The molecule has 0 aliphatic heterocycles. The molecule has 3 heterocycles. The summed E-state index contributed by atoms with van der Waals surface area (Å²) in [5, 5.41) is 5.62. The average Bonchev–Trinajstić information content (AvgIpc) is 3.17. The number of aryl methyl sites for hydroxylation is 2. The molecule has 1 aromatic carbocycles. The van der Waals surface area contributed by atoms with Crippen LogP contribution in [-0.2, 0) is 13.5 Å². The second kappa shape index (κ2) is 6.01. The van der Waals surface area contributed by atoms with Crippen LogP contribution in [-0.4, -0.2) is 21.1 Å². The summed E-state index contributed by atoms with van der Waals surface area (Å²) < 4.78 is 3.43. The van der Waals surface area contributed by atoms with E-state index in [1.54, 1.807) is 11.3 Å². The van der Waals surface area contributed by atoms with Crippen molar-refractivity contribution in [3.05, 3.63) is 53.8 Å². The van der Waals surface area contributed by atoms with Crippen molar-refractivity contribution in [1.82, 2.24) is 14.5 Å². The van der Waals surface area contributed by atoms with Crippen LogP contribution >= 0.6 is 11.3 Å². The molecule has 3 aromatic heterocycles. The number of para-hydroxylation sites is 2. The molecule has 4 rings (SSSR count). The molecule has 0 unspecified atom stereocenters. The fourth-order valence-corrected chi connectivity index (χ4v) is 3.74. The predicted molar refractivity (Wildman–Crippen MR) is 97.1 cm³/mol. The number of benzene rings is 1. The van der Waals surface area contributed by atoms with Crippen molar-refractivity contribution in [3.63, 3.8) is 0 Å². The van der Waals surface area contributed by atoms with Gasteiger partial charge in [-0.1, -0.05) is 12.1 Å². The third kappa shape index (κ3) is 2.68. The molecule has 0 radical (unpaired) electrons.